The standard InChI is InChI=1S/C24H22BrN3O3S2/c1-3-27(4-2)15-9-5-13(6-10-15)17-18-20(32-21-19(17)33-24(31)26-21)23(30)28(22(18)29)16-11-7-14(25)8-12-16/h5-12,17-18,20H,3-4H2,1-2H3,(H,26,31). The van der Waals surface area contributed by atoms with E-state index < -0.39 is 11.2 Å². The zero-order valence-electron chi connectivity index (χ0n) is 18.1. The second kappa shape index (κ2) is 8.77. The predicted octanol–water partition coefficient (Wildman–Crippen LogP) is 4.84. The minimum absolute atomic E-state index is 0.165. The molecule has 5 rings (SSSR count). The topological polar surface area (TPSA) is 73.5 Å². The van der Waals surface area contributed by atoms with Crippen molar-refractivity contribution in [2.45, 2.75) is 30.0 Å². The molecule has 0 spiro atoms. The summed E-state index contributed by atoms with van der Waals surface area (Å²) < 4.78 is 0.878. The summed E-state index contributed by atoms with van der Waals surface area (Å²) >= 11 is 5.84. The van der Waals surface area contributed by atoms with Gasteiger partial charge in [0.05, 0.1) is 16.6 Å². The lowest BCUT2D eigenvalue weighted by Gasteiger charge is -2.30. The molecule has 0 saturated carbocycles. The van der Waals surface area contributed by atoms with Crippen molar-refractivity contribution in [3.05, 3.63) is 73.1 Å². The minimum Gasteiger partial charge on any atom is -0.372 e. The van der Waals surface area contributed by atoms with Gasteiger partial charge in [-0.2, -0.15) is 0 Å². The first-order valence-corrected chi connectivity index (χ1v) is 13.3. The summed E-state index contributed by atoms with van der Waals surface area (Å²) in [6, 6.07) is 15.4. The molecule has 1 aromatic heterocycles. The lowest BCUT2D eigenvalue weighted by Crippen LogP contribution is -2.32. The molecule has 2 aliphatic heterocycles. The molecule has 2 amide bonds. The quantitative estimate of drug-likeness (QED) is 0.466. The third-order valence-electron chi connectivity index (χ3n) is 6.29. The van der Waals surface area contributed by atoms with Crippen LogP contribution in [0.5, 0.6) is 0 Å². The number of nitrogens with zero attached hydrogens (tertiary/aromatic N) is 2. The van der Waals surface area contributed by atoms with Crippen LogP contribution in [0.15, 0.2) is 62.8 Å². The lowest BCUT2D eigenvalue weighted by atomic mass is 9.83. The number of aromatic nitrogens is 1. The maximum atomic E-state index is 13.7. The summed E-state index contributed by atoms with van der Waals surface area (Å²) in [5, 5.41) is 0.120. The average Bonchev–Trinajstić information content (AvgIpc) is 3.30. The Morgan fingerprint density at radius 1 is 0.970 bits per heavy atom. The Hall–Kier alpha value is -2.36. The van der Waals surface area contributed by atoms with Crippen LogP contribution < -0.4 is 14.7 Å². The fourth-order valence-electron chi connectivity index (χ4n) is 4.70. The van der Waals surface area contributed by atoms with Gasteiger partial charge in [-0.3, -0.25) is 14.4 Å². The van der Waals surface area contributed by atoms with Crippen molar-refractivity contribution in [3.8, 4) is 0 Å². The molecule has 1 fully saturated rings. The molecule has 1 N–H and O–H groups in total. The number of anilines is 2. The van der Waals surface area contributed by atoms with Gasteiger partial charge in [0, 0.05) is 34.0 Å². The average molecular weight is 544 g/mol. The number of fused-ring (bicyclic) bond motifs is 2. The highest BCUT2D eigenvalue weighted by Crippen LogP contribution is 2.53. The van der Waals surface area contributed by atoms with E-state index in [0.29, 0.717) is 10.7 Å². The molecular weight excluding hydrogens is 522 g/mol. The van der Waals surface area contributed by atoms with Crippen LogP contribution >= 0.6 is 39.0 Å². The van der Waals surface area contributed by atoms with Crippen LogP contribution in [-0.4, -0.2) is 35.1 Å². The molecule has 2 aliphatic rings. The zero-order valence-corrected chi connectivity index (χ0v) is 21.3. The number of carbonyl (C=O) groups is 2. The van der Waals surface area contributed by atoms with E-state index in [-0.39, 0.29) is 22.6 Å². The number of thiazole rings is 1. The van der Waals surface area contributed by atoms with Crippen molar-refractivity contribution in [3.63, 3.8) is 0 Å². The highest BCUT2D eigenvalue weighted by atomic mass is 79.9. The first-order chi connectivity index (χ1) is 15.9. The third-order valence-corrected chi connectivity index (χ3v) is 9.22. The fourth-order valence-corrected chi connectivity index (χ4v) is 7.48. The van der Waals surface area contributed by atoms with Crippen LogP contribution in [0.1, 0.15) is 30.2 Å². The molecule has 0 radical (unpaired) electrons. The van der Waals surface area contributed by atoms with Gasteiger partial charge in [-0.25, -0.2) is 4.90 Å². The summed E-state index contributed by atoms with van der Waals surface area (Å²) in [5.41, 5.74) is 2.62. The van der Waals surface area contributed by atoms with E-state index in [4.69, 9.17) is 0 Å². The fraction of sp³-hybridized carbons (Fsp3) is 0.292. The van der Waals surface area contributed by atoms with Gasteiger partial charge in [0.1, 0.15) is 5.25 Å². The molecular formula is C24H22BrN3O3S2. The molecule has 3 unspecified atom stereocenters. The number of benzene rings is 2. The zero-order chi connectivity index (χ0) is 23.3. The van der Waals surface area contributed by atoms with Crippen molar-refractivity contribution in [2.75, 3.05) is 22.9 Å². The number of thioether (sulfide) groups is 1. The first-order valence-electron chi connectivity index (χ1n) is 10.8. The smallest absolute Gasteiger partial charge is 0.305 e. The number of aromatic amines is 1. The Labute approximate surface area is 208 Å². The minimum atomic E-state index is -0.577. The van der Waals surface area contributed by atoms with Crippen LogP contribution in [0.2, 0.25) is 0 Å². The van der Waals surface area contributed by atoms with Crippen molar-refractivity contribution >= 4 is 62.2 Å². The highest BCUT2D eigenvalue weighted by Gasteiger charge is 2.56. The van der Waals surface area contributed by atoms with Crippen LogP contribution in [0.3, 0.4) is 0 Å². The van der Waals surface area contributed by atoms with Crippen molar-refractivity contribution in [1.82, 2.24) is 4.98 Å². The Kier molecular flexibility index (Phi) is 5.96. The number of H-pyrrole nitrogens is 1. The van der Waals surface area contributed by atoms with E-state index >= 15 is 0 Å². The predicted molar refractivity (Wildman–Crippen MR) is 137 cm³/mol. The van der Waals surface area contributed by atoms with Gasteiger partial charge >= 0.3 is 4.87 Å². The highest BCUT2D eigenvalue weighted by molar-refractivity contribution is 9.10. The molecule has 2 aromatic carbocycles. The summed E-state index contributed by atoms with van der Waals surface area (Å²) in [4.78, 5) is 46.4. The van der Waals surface area contributed by atoms with Crippen LogP contribution in [0.25, 0.3) is 0 Å². The number of nitrogens with one attached hydrogen (secondary N) is 1. The van der Waals surface area contributed by atoms with Crippen molar-refractivity contribution in [1.29, 1.82) is 0 Å². The van der Waals surface area contributed by atoms with Gasteiger partial charge in [-0.05, 0) is 55.8 Å². The molecule has 3 atom stereocenters. The first kappa shape index (κ1) is 22.4. The summed E-state index contributed by atoms with van der Waals surface area (Å²) in [6.07, 6.45) is 0. The molecule has 0 bridgehead atoms. The Balaban J connectivity index is 1.59. The number of imide groups is 1. The summed E-state index contributed by atoms with van der Waals surface area (Å²) in [5.74, 6) is -1.37. The molecule has 3 heterocycles. The number of amides is 2. The Bertz CT molecular complexity index is 1270. The molecule has 170 valence electrons. The van der Waals surface area contributed by atoms with E-state index in [2.05, 4.69) is 51.8 Å². The van der Waals surface area contributed by atoms with E-state index in [9.17, 15) is 14.4 Å². The van der Waals surface area contributed by atoms with E-state index in [1.807, 2.05) is 24.3 Å². The maximum absolute atomic E-state index is 13.7. The van der Waals surface area contributed by atoms with E-state index in [0.717, 1.165) is 45.0 Å². The van der Waals surface area contributed by atoms with E-state index in [1.54, 1.807) is 12.1 Å². The molecule has 33 heavy (non-hydrogen) atoms. The SMILES string of the molecule is CCN(CC)c1ccc(C2c3sc(=O)[nH]c3SC3C(=O)N(c4ccc(Br)cc4)C(=O)C32)cc1. The number of carbonyl (C=O) groups excluding carboxylic acids is 2. The number of hydrogen-bond acceptors (Lipinski definition) is 6. The van der Waals surface area contributed by atoms with Gasteiger partial charge in [0.25, 0.3) is 0 Å². The molecule has 3 aromatic rings. The van der Waals surface area contributed by atoms with Gasteiger partial charge in [-0.15, -0.1) is 0 Å². The second-order valence-corrected chi connectivity index (χ2v) is 11.1. The summed E-state index contributed by atoms with van der Waals surface area (Å²) in [7, 11) is 0. The Morgan fingerprint density at radius 2 is 1.64 bits per heavy atom. The lowest BCUT2D eigenvalue weighted by molar-refractivity contribution is -0.122. The van der Waals surface area contributed by atoms with Crippen molar-refractivity contribution < 1.29 is 9.59 Å². The number of hydrogen-bond donors (Lipinski definition) is 1. The monoisotopic (exact) mass is 543 g/mol. The molecule has 9 heteroatoms. The van der Waals surface area contributed by atoms with Gasteiger partial charge < -0.3 is 9.88 Å². The van der Waals surface area contributed by atoms with E-state index in [1.165, 1.54) is 16.7 Å². The van der Waals surface area contributed by atoms with Gasteiger partial charge in [0.2, 0.25) is 11.8 Å². The largest absolute Gasteiger partial charge is 0.372 e. The third kappa shape index (κ3) is 3.76. The Morgan fingerprint density at radius 3 is 2.27 bits per heavy atom. The molecule has 1 saturated heterocycles. The summed E-state index contributed by atoms with van der Waals surface area (Å²) in [6.45, 7) is 6.03. The van der Waals surface area contributed by atoms with Crippen LogP contribution in [0.4, 0.5) is 11.4 Å². The molecule has 6 nitrogen and oxygen atoms in total. The van der Waals surface area contributed by atoms with Crippen LogP contribution in [0, 0.1) is 5.92 Å². The van der Waals surface area contributed by atoms with Gasteiger partial charge in [0.15, 0.2) is 0 Å². The van der Waals surface area contributed by atoms with Crippen molar-refractivity contribution in [2.24, 2.45) is 5.92 Å². The maximum Gasteiger partial charge on any atom is 0.305 e. The number of halogens is 1. The number of rotatable bonds is 5. The second-order valence-electron chi connectivity index (χ2n) is 8.00. The normalized spacial score (nSPS) is 21.8. The van der Waals surface area contributed by atoms with Crippen LogP contribution in [-0.2, 0) is 9.59 Å². The molecule has 0 aliphatic carbocycles. The van der Waals surface area contributed by atoms with Gasteiger partial charge in [-0.1, -0.05) is 51.2 Å².